The lowest BCUT2D eigenvalue weighted by molar-refractivity contribution is 0.0958. The molecule has 1 amide bonds. The van der Waals surface area contributed by atoms with Crippen LogP contribution in [0.1, 0.15) is 35.2 Å². The number of nitrogens with zero attached hydrogens (tertiary/aromatic N) is 1. The van der Waals surface area contributed by atoms with Crippen LogP contribution in [-0.2, 0) is 6.42 Å². The van der Waals surface area contributed by atoms with Crippen molar-refractivity contribution >= 4 is 11.6 Å². The Morgan fingerprint density at radius 2 is 1.90 bits per heavy atom. The molecule has 0 unspecified atom stereocenters. The van der Waals surface area contributed by atoms with Crippen molar-refractivity contribution < 1.29 is 9.21 Å². The Morgan fingerprint density at radius 3 is 2.48 bits per heavy atom. The third-order valence-electron chi connectivity index (χ3n) is 3.40. The lowest BCUT2D eigenvalue weighted by atomic mass is 10.2. The molecule has 112 valence electrons. The van der Waals surface area contributed by atoms with Crippen molar-refractivity contribution in [2.75, 3.05) is 18.0 Å². The van der Waals surface area contributed by atoms with Gasteiger partial charge in [0.15, 0.2) is 5.76 Å². The third kappa shape index (κ3) is 3.73. The van der Waals surface area contributed by atoms with Crippen LogP contribution >= 0.6 is 0 Å². The summed E-state index contributed by atoms with van der Waals surface area (Å²) >= 11 is 0. The van der Waals surface area contributed by atoms with Crippen LogP contribution in [0.25, 0.3) is 0 Å². The van der Waals surface area contributed by atoms with Gasteiger partial charge >= 0.3 is 0 Å². The summed E-state index contributed by atoms with van der Waals surface area (Å²) in [4.78, 5) is 14.4. The highest BCUT2D eigenvalue weighted by molar-refractivity contribution is 6.04. The van der Waals surface area contributed by atoms with Crippen LogP contribution < -0.4 is 10.6 Å². The number of nitrogens with two attached hydrogens (primary N) is 1. The Morgan fingerprint density at radius 1 is 1.19 bits per heavy atom. The van der Waals surface area contributed by atoms with Gasteiger partial charge in [0, 0.05) is 18.7 Å². The summed E-state index contributed by atoms with van der Waals surface area (Å²) in [6.07, 6.45) is 1.53. The van der Waals surface area contributed by atoms with E-state index < -0.39 is 0 Å². The first-order valence-electron chi connectivity index (χ1n) is 7.33. The van der Waals surface area contributed by atoms with Gasteiger partial charge in [-0.05, 0) is 44.2 Å². The Labute approximate surface area is 125 Å². The van der Waals surface area contributed by atoms with E-state index in [1.807, 2.05) is 44.2 Å². The predicted molar refractivity (Wildman–Crippen MR) is 84.6 cm³/mol. The van der Waals surface area contributed by atoms with Crippen molar-refractivity contribution in [2.24, 2.45) is 5.73 Å². The number of anilines is 1. The summed E-state index contributed by atoms with van der Waals surface area (Å²) < 4.78 is 5.58. The molecule has 2 N–H and O–H groups in total. The second kappa shape index (κ2) is 7.09. The molecule has 0 bridgehead atoms. The molecule has 0 aliphatic heterocycles. The highest BCUT2D eigenvalue weighted by Gasteiger charge is 2.20. The molecule has 0 saturated carbocycles. The molecule has 4 heteroatoms. The molecule has 1 aromatic carbocycles. The zero-order valence-electron chi connectivity index (χ0n) is 12.6. The van der Waals surface area contributed by atoms with Crippen LogP contribution in [0.5, 0.6) is 0 Å². The molecule has 0 fully saturated rings. The van der Waals surface area contributed by atoms with Gasteiger partial charge in [0.05, 0.1) is 0 Å². The summed E-state index contributed by atoms with van der Waals surface area (Å²) in [5.41, 5.74) is 7.61. The van der Waals surface area contributed by atoms with Gasteiger partial charge in [0.25, 0.3) is 5.91 Å². The van der Waals surface area contributed by atoms with Gasteiger partial charge in [0.2, 0.25) is 0 Å². The number of carbonyl (C=O) groups is 1. The fraction of sp³-hybridized carbons (Fsp3) is 0.353. The van der Waals surface area contributed by atoms with E-state index >= 15 is 0 Å². The molecular formula is C17H22N2O2. The largest absolute Gasteiger partial charge is 0.456 e. The average molecular weight is 286 g/mol. The smallest absolute Gasteiger partial charge is 0.293 e. The van der Waals surface area contributed by atoms with Gasteiger partial charge in [0.1, 0.15) is 5.76 Å². The van der Waals surface area contributed by atoms with E-state index in [1.165, 1.54) is 0 Å². The molecule has 0 atom stereocenters. The number of rotatable bonds is 6. The SMILES string of the molecule is CCc1ccc(C(=O)N(CCCN)c2ccc(C)cc2)o1. The monoisotopic (exact) mass is 286 g/mol. The molecule has 2 aromatic rings. The Hall–Kier alpha value is -2.07. The fourth-order valence-electron chi connectivity index (χ4n) is 2.14. The predicted octanol–water partition coefficient (Wildman–Crippen LogP) is 3.15. The van der Waals surface area contributed by atoms with Crippen molar-refractivity contribution in [3.63, 3.8) is 0 Å². The van der Waals surface area contributed by atoms with Gasteiger partial charge in [-0.3, -0.25) is 4.79 Å². The van der Waals surface area contributed by atoms with E-state index in [0.29, 0.717) is 18.8 Å². The number of hydrogen-bond acceptors (Lipinski definition) is 3. The normalized spacial score (nSPS) is 10.6. The van der Waals surface area contributed by atoms with E-state index in [1.54, 1.807) is 11.0 Å². The van der Waals surface area contributed by atoms with Crippen molar-refractivity contribution in [1.82, 2.24) is 0 Å². The maximum Gasteiger partial charge on any atom is 0.293 e. The second-order valence-corrected chi connectivity index (χ2v) is 5.05. The first kappa shape index (κ1) is 15.3. The first-order valence-corrected chi connectivity index (χ1v) is 7.33. The van der Waals surface area contributed by atoms with Crippen molar-refractivity contribution in [3.8, 4) is 0 Å². The third-order valence-corrected chi connectivity index (χ3v) is 3.40. The summed E-state index contributed by atoms with van der Waals surface area (Å²) in [7, 11) is 0. The maximum atomic E-state index is 12.7. The number of furan rings is 1. The lowest BCUT2D eigenvalue weighted by Gasteiger charge is -2.21. The molecule has 4 nitrogen and oxygen atoms in total. The molecule has 1 aromatic heterocycles. The van der Waals surface area contributed by atoms with Crippen LogP contribution in [0.15, 0.2) is 40.8 Å². The summed E-state index contributed by atoms with van der Waals surface area (Å²) in [6, 6.07) is 11.5. The molecule has 21 heavy (non-hydrogen) atoms. The van der Waals surface area contributed by atoms with Crippen LogP contribution in [0.2, 0.25) is 0 Å². The molecular weight excluding hydrogens is 264 g/mol. The Bertz CT molecular complexity index is 587. The van der Waals surface area contributed by atoms with Crippen LogP contribution in [0.4, 0.5) is 5.69 Å². The Balaban J connectivity index is 2.26. The van der Waals surface area contributed by atoms with Gasteiger partial charge in [-0.1, -0.05) is 24.6 Å². The highest BCUT2D eigenvalue weighted by Crippen LogP contribution is 2.20. The quantitative estimate of drug-likeness (QED) is 0.887. The minimum atomic E-state index is -0.119. The maximum absolute atomic E-state index is 12.7. The van der Waals surface area contributed by atoms with Gasteiger partial charge in [-0.2, -0.15) is 0 Å². The number of amides is 1. The molecule has 1 heterocycles. The number of carbonyl (C=O) groups excluding carboxylic acids is 1. The molecule has 0 radical (unpaired) electrons. The minimum Gasteiger partial charge on any atom is -0.456 e. The molecule has 2 rings (SSSR count). The molecule has 0 aliphatic carbocycles. The molecule has 0 spiro atoms. The summed E-state index contributed by atoms with van der Waals surface area (Å²) in [6.45, 7) is 5.16. The van der Waals surface area contributed by atoms with Crippen molar-refractivity contribution in [2.45, 2.75) is 26.7 Å². The van der Waals surface area contributed by atoms with E-state index in [0.717, 1.165) is 29.9 Å². The van der Waals surface area contributed by atoms with Gasteiger partial charge in [-0.15, -0.1) is 0 Å². The zero-order valence-corrected chi connectivity index (χ0v) is 12.6. The van der Waals surface area contributed by atoms with Crippen LogP contribution in [0.3, 0.4) is 0 Å². The number of aryl methyl sites for hydroxylation is 2. The standard InChI is InChI=1S/C17H22N2O2/c1-3-15-9-10-16(21-15)17(20)19(12-4-11-18)14-7-5-13(2)6-8-14/h5-10H,3-4,11-12,18H2,1-2H3. The second-order valence-electron chi connectivity index (χ2n) is 5.05. The number of benzene rings is 1. The topological polar surface area (TPSA) is 59.5 Å². The highest BCUT2D eigenvalue weighted by atomic mass is 16.4. The average Bonchev–Trinajstić information content (AvgIpc) is 2.98. The Kier molecular flexibility index (Phi) is 5.17. The van der Waals surface area contributed by atoms with Gasteiger partial charge in [-0.25, -0.2) is 0 Å². The first-order chi connectivity index (χ1) is 10.2. The fourth-order valence-corrected chi connectivity index (χ4v) is 2.14. The number of hydrogen-bond donors (Lipinski definition) is 1. The van der Waals surface area contributed by atoms with E-state index in [-0.39, 0.29) is 5.91 Å². The van der Waals surface area contributed by atoms with Crippen molar-refractivity contribution in [3.05, 3.63) is 53.5 Å². The molecule has 0 saturated heterocycles. The summed E-state index contributed by atoms with van der Waals surface area (Å²) in [5, 5.41) is 0. The molecule has 0 aliphatic rings. The summed E-state index contributed by atoms with van der Waals surface area (Å²) in [5.74, 6) is 1.08. The van der Waals surface area contributed by atoms with E-state index in [4.69, 9.17) is 10.2 Å². The zero-order chi connectivity index (χ0) is 15.2. The van der Waals surface area contributed by atoms with Crippen LogP contribution in [0, 0.1) is 6.92 Å². The van der Waals surface area contributed by atoms with Gasteiger partial charge < -0.3 is 15.1 Å². The minimum absolute atomic E-state index is 0.119. The van der Waals surface area contributed by atoms with E-state index in [9.17, 15) is 4.79 Å². The van der Waals surface area contributed by atoms with Crippen LogP contribution in [-0.4, -0.2) is 19.0 Å². The lowest BCUT2D eigenvalue weighted by Crippen LogP contribution is -2.32. The van der Waals surface area contributed by atoms with E-state index in [2.05, 4.69) is 0 Å². The van der Waals surface area contributed by atoms with Crippen molar-refractivity contribution in [1.29, 1.82) is 0 Å².